The molecule has 31 heavy (non-hydrogen) atoms. The molecule has 2 aromatic carbocycles. The second-order valence-corrected chi connectivity index (χ2v) is 7.68. The Kier molecular flexibility index (Phi) is 7.10. The molecule has 0 saturated carbocycles. The molecule has 1 aliphatic heterocycles. The Morgan fingerprint density at radius 1 is 1.06 bits per heavy atom. The topological polar surface area (TPSA) is 86.6 Å². The van der Waals surface area contributed by atoms with Crippen LogP contribution in [0.2, 0.25) is 0 Å². The number of hydrogen-bond acceptors (Lipinski definition) is 5. The first kappa shape index (κ1) is 22.1. The normalized spacial score (nSPS) is 12.5. The van der Waals surface area contributed by atoms with Crippen molar-refractivity contribution in [3.8, 4) is 11.3 Å². The van der Waals surface area contributed by atoms with E-state index >= 15 is 0 Å². The summed E-state index contributed by atoms with van der Waals surface area (Å²) in [5.74, 6) is 0.0131. The number of rotatable bonds is 4. The molecule has 1 N–H and O–H groups in total. The number of benzene rings is 2. The predicted molar refractivity (Wildman–Crippen MR) is 118 cm³/mol. The molecule has 0 unspecified atom stereocenters. The number of nitrogens with zero attached hydrogens (tertiary/aromatic N) is 4. The van der Waals surface area contributed by atoms with Crippen LogP contribution < -0.4 is 0 Å². The molecule has 0 spiro atoms. The first-order valence-electron chi connectivity index (χ1n) is 9.94. The third-order valence-corrected chi connectivity index (χ3v) is 5.14. The SMILES string of the molecule is Cc1ccc(-c2ccc(C(=O)N(C)Cc3ccc4c(c3)CN(C)C4)cc2)nn1.O=CO. The number of carbonyl (C=O) groups is 2. The first-order valence-corrected chi connectivity index (χ1v) is 9.94. The van der Waals surface area contributed by atoms with Crippen molar-refractivity contribution in [2.45, 2.75) is 26.6 Å². The second kappa shape index (κ2) is 9.95. The standard InChI is InChI=1S/C23H24N4O.CH2O2/c1-16-4-11-22(25-24-16)18-7-9-19(10-8-18)23(28)27(3)13-17-5-6-20-14-26(2)15-21(20)12-17;2-1-3/h4-12H,13-15H2,1-3H3;1H,(H,2,3). The fourth-order valence-corrected chi connectivity index (χ4v) is 3.62. The Labute approximate surface area is 182 Å². The van der Waals surface area contributed by atoms with Gasteiger partial charge in [-0.3, -0.25) is 14.5 Å². The minimum atomic E-state index is -0.250. The Morgan fingerprint density at radius 2 is 1.74 bits per heavy atom. The highest BCUT2D eigenvalue weighted by Crippen LogP contribution is 2.23. The van der Waals surface area contributed by atoms with Gasteiger partial charge in [0.2, 0.25) is 0 Å². The lowest BCUT2D eigenvalue weighted by molar-refractivity contribution is -0.122. The number of fused-ring (bicyclic) bond motifs is 1. The van der Waals surface area contributed by atoms with Crippen LogP contribution in [-0.2, 0) is 24.4 Å². The number of hydrogen-bond donors (Lipinski definition) is 1. The Hall–Kier alpha value is -3.58. The molecule has 160 valence electrons. The van der Waals surface area contributed by atoms with E-state index in [0.717, 1.165) is 35.6 Å². The van der Waals surface area contributed by atoms with E-state index in [1.165, 1.54) is 11.1 Å². The maximum Gasteiger partial charge on any atom is 0.290 e. The van der Waals surface area contributed by atoms with Gasteiger partial charge in [-0.15, -0.1) is 0 Å². The Morgan fingerprint density at radius 3 is 2.39 bits per heavy atom. The van der Waals surface area contributed by atoms with Crippen LogP contribution in [0.1, 0.15) is 32.7 Å². The summed E-state index contributed by atoms with van der Waals surface area (Å²) in [6.07, 6.45) is 0. The molecule has 0 bridgehead atoms. The van der Waals surface area contributed by atoms with E-state index in [-0.39, 0.29) is 12.4 Å². The number of amides is 1. The molecule has 1 aliphatic rings. The fourth-order valence-electron chi connectivity index (χ4n) is 3.62. The Balaban J connectivity index is 0.000000858. The van der Waals surface area contributed by atoms with Gasteiger partial charge in [0.1, 0.15) is 0 Å². The minimum Gasteiger partial charge on any atom is -0.483 e. The van der Waals surface area contributed by atoms with Gasteiger partial charge in [-0.2, -0.15) is 10.2 Å². The van der Waals surface area contributed by atoms with Crippen molar-refractivity contribution in [3.63, 3.8) is 0 Å². The molecule has 0 fully saturated rings. The largest absolute Gasteiger partial charge is 0.483 e. The van der Waals surface area contributed by atoms with Crippen molar-refractivity contribution in [1.29, 1.82) is 0 Å². The van der Waals surface area contributed by atoms with Gasteiger partial charge >= 0.3 is 0 Å². The van der Waals surface area contributed by atoms with E-state index in [4.69, 9.17) is 9.90 Å². The van der Waals surface area contributed by atoms with Crippen LogP contribution in [0.3, 0.4) is 0 Å². The Bertz CT molecular complexity index is 1050. The van der Waals surface area contributed by atoms with Gasteiger partial charge in [0.15, 0.2) is 0 Å². The lowest BCUT2D eigenvalue weighted by Crippen LogP contribution is -2.26. The van der Waals surface area contributed by atoms with Crippen molar-refractivity contribution in [2.24, 2.45) is 0 Å². The quantitative estimate of drug-likeness (QED) is 0.654. The van der Waals surface area contributed by atoms with Crippen LogP contribution >= 0.6 is 0 Å². The fraction of sp³-hybridized carbons (Fsp3) is 0.250. The van der Waals surface area contributed by atoms with Crippen LogP contribution in [-0.4, -0.2) is 51.6 Å². The maximum atomic E-state index is 12.8. The molecular formula is C24H26N4O3. The van der Waals surface area contributed by atoms with E-state index in [1.54, 1.807) is 4.90 Å². The molecule has 0 aliphatic carbocycles. The molecular weight excluding hydrogens is 392 g/mol. The lowest BCUT2D eigenvalue weighted by atomic mass is 10.1. The number of carbonyl (C=O) groups excluding carboxylic acids is 1. The summed E-state index contributed by atoms with van der Waals surface area (Å²) in [6, 6.07) is 18.0. The summed E-state index contributed by atoms with van der Waals surface area (Å²) in [6.45, 7) is 4.24. The molecule has 0 saturated heterocycles. The van der Waals surface area contributed by atoms with Gasteiger partial charge in [0.25, 0.3) is 12.4 Å². The van der Waals surface area contributed by atoms with E-state index in [2.05, 4.69) is 40.3 Å². The zero-order chi connectivity index (χ0) is 22.4. The summed E-state index contributed by atoms with van der Waals surface area (Å²) in [5, 5.41) is 15.2. The van der Waals surface area contributed by atoms with Crippen molar-refractivity contribution < 1.29 is 14.7 Å². The first-order chi connectivity index (χ1) is 14.9. The van der Waals surface area contributed by atoms with E-state index in [1.807, 2.05) is 50.4 Å². The summed E-state index contributed by atoms with van der Waals surface area (Å²) >= 11 is 0. The molecule has 1 aromatic heterocycles. The van der Waals surface area contributed by atoms with Gasteiger partial charge in [-0.05, 0) is 54.9 Å². The van der Waals surface area contributed by atoms with Crippen molar-refractivity contribution in [2.75, 3.05) is 14.1 Å². The molecule has 0 atom stereocenters. The van der Waals surface area contributed by atoms with Crippen molar-refractivity contribution >= 4 is 12.4 Å². The van der Waals surface area contributed by atoms with Gasteiger partial charge in [-0.1, -0.05) is 30.3 Å². The van der Waals surface area contributed by atoms with Gasteiger partial charge in [0, 0.05) is 37.8 Å². The highest BCUT2D eigenvalue weighted by molar-refractivity contribution is 5.94. The summed E-state index contributed by atoms with van der Waals surface area (Å²) in [4.78, 5) is 25.2. The molecule has 7 heteroatoms. The summed E-state index contributed by atoms with van der Waals surface area (Å²) in [5.41, 5.74) is 7.23. The second-order valence-electron chi connectivity index (χ2n) is 7.68. The van der Waals surface area contributed by atoms with E-state index < -0.39 is 0 Å². The summed E-state index contributed by atoms with van der Waals surface area (Å²) in [7, 11) is 3.97. The monoisotopic (exact) mass is 418 g/mol. The van der Waals surface area contributed by atoms with E-state index in [9.17, 15) is 4.79 Å². The number of aromatic nitrogens is 2. The highest BCUT2D eigenvalue weighted by Gasteiger charge is 2.17. The van der Waals surface area contributed by atoms with Gasteiger partial charge in [-0.25, -0.2) is 0 Å². The number of carboxylic acid groups (broad SMARTS) is 1. The molecule has 3 aromatic rings. The third kappa shape index (κ3) is 5.52. The van der Waals surface area contributed by atoms with Crippen LogP contribution in [0.25, 0.3) is 11.3 Å². The van der Waals surface area contributed by atoms with E-state index in [0.29, 0.717) is 12.1 Å². The highest BCUT2D eigenvalue weighted by atomic mass is 16.3. The zero-order valence-corrected chi connectivity index (χ0v) is 17.9. The van der Waals surface area contributed by atoms with Crippen molar-refractivity contribution in [1.82, 2.24) is 20.0 Å². The molecule has 7 nitrogen and oxygen atoms in total. The van der Waals surface area contributed by atoms with Crippen LogP contribution in [0.4, 0.5) is 0 Å². The minimum absolute atomic E-state index is 0.0131. The molecule has 0 radical (unpaired) electrons. The van der Waals surface area contributed by atoms with Crippen LogP contribution in [0.15, 0.2) is 54.6 Å². The molecule has 2 heterocycles. The van der Waals surface area contributed by atoms with Crippen LogP contribution in [0, 0.1) is 6.92 Å². The summed E-state index contributed by atoms with van der Waals surface area (Å²) < 4.78 is 0. The predicted octanol–water partition coefficient (Wildman–Crippen LogP) is 3.37. The number of aryl methyl sites for hydroxylation is 1. The lowest BCUT2D eigenvalue weighted by Gasteiger charge is -2.18. The van der Waals surface area contributed by atoms with Crippen molar-refractivity contribution in [3.05, 3.63) is 82.5 Å². The van der Waals surface area contributed by atoms with Gasteiger partial charge < -0.3 is 10.0 Å². The third-order valence-electron chi connectivity index (χ3n) is 5.14. The zero-order valence-electron chi connectivity index (χ0n) is 17.9. The maximum absolute atomic E-state index is 12.8. The molecule has 4 rings (SSSR count). The van der Waals surface area contributed by atoms with Gasteiger partial charge in [0.05, 0.1) is 11.4 Å². The average molecular weight is 418 g/mol. The average Bonchev–Trinajstić information content (AvgIpc) is 3.14. The van der Waals surface area contributed by atoms with Crippen LogP contribution in [0.5, 0.6) is 0 Å². The molecule has 1 amide bonds. The smallest absolute Gasteiger partial charge is 0.290 e.